The molecule has 1 saturated heterocycles. The molecular formula is C20H23FN2O3S. The monoisotopic (exact) mass is 390 g/mol. The van der Waals surface area contributed by atoms with Gasteiger partial charge in [-0.2, -0.15) is 4.31 Å². The van der Waals surface area contributed by atoms with Crippen LogP contribution in [-0.4, -0.2) is 49.7 Å². The number of carbonyl (C=O) groups is 1. The molecule has 3 rings (SSSR count). The molecule has 2 aromatic carbocycles. The van der Waals surface area contributed by atoms with Crippen molar-refractivity contribution in [3.63, 3.8) is 0 Å². The second-order valence-electron chi connectivity index (χ2n) is 6.93. The minimum Gasteiger partial charge on any atom is -0.336 e. The SMILES string of the molecule is Cc1ccc(C)c(S(=O)(=O)N2CCN(C(=O)c3ccc(C)c(F)c3)CC2)c1. The van der Waals surface area contributed by atoms with Crippen molar-refractivity contribution in [2.75, 3.05) is 26.2 Å². The summed E-state index contributed by atoms with van der Waals surface area (Å²) in [5.74, 6) is -0.699. The molecule has 0 radical (unpaired) electrons. The largest absolute Gasteiger partial charge is 0.336 e. The zero-order chi connectivity index (χ0) is 19.8. The first kappa shape index (κ1) is 19.5. The molecule has 1 amide bonds. The lowest BCUT2D eigenvalue weighted by Crippen LogP contribution is -2.50. The minimum atomic E-state index is -3.61. The van der Waals surface area contributed by atoms with Crippen LogP contribution in [0.4, 0.5) is 4.39 Å². The summed E-state index contributed by atoms with van der Waals surface area (Å²) < 4.78 is 41.1. The normalized spacial score (nSPS) is 15.8. The van der Waals surface area contributed by atoms with E-state index in [9.17, 15) is 17.6 Å². The third-order valence-electron chi connectivity index (χ3n) is 4.91. The van der Waals surface area contributed by atoms with Crippen LogP contribution in [0.5, 0.6) is 0 Å². The average Bonchev–Trinajstić information content (AvgIpc) is 2.65. The van der Waals surface area contributed by atoms with Crippen molar-refractivity contribution in [3.8, 4) is 0 Å². The van der Waals surface area contributed by atoms with E-state index in [1.54, 1.807) is 43.0 Å². The van der Waals surface area contributed by atoms with Gasteiger partial charge in [-0.1, -0.05) is 18.2 Å². The molecule has 0 spiro atoms. The number of sulfonamides is 1. The molecule has 0 saturated carbocycles. The Kier molecular flexibility index (Phi) is 5.35. The lowest BCUT2D eigenvalue weighted by molar-refractivity contribution is 0.0697. The van der Waals surface area contributed by atoms with E-state index in [1.165, 1.54) is 10.4 Å². The Morgan fingerprint density at radius 3 is 2.19 bits per heavy atom. The van der Waals surface area contributed by atoms with Gasteiger partial charge in [0.05, 0.1) is 4.90 Å². The highest BCUT2D eigenvalue weighted by Gasteiger charge is 2.31. The Morgan fingerprint density at radius 1 is 0.926 bits per heavy atom. The van der Waals surface area contributed by atoms with E-state index < -0.39 is 15.8 Å². The summed E-state index contributed by atoms with van der Waals surface area (Å²) in [6.45, 7) is 6.26. The molecule has 1 fully saturated rings. The molecule has 0 unspecified atom stereocenters. The van der Waals surface area contributed by atoms with Gasteiger partial charge in [0.25, 0.3) is 5.91 Å². The van der Waals surface area contributed by atoms with E-state index in [1.807, 2.05) is 13.0 Å². The topological polar surface area (TPSA) is 57.7 Å². The van der Waals surface area contributed by atoms with Gasteiger partial charge in [-0.25, -0.2) is 12.8 Å². The fourth-order valence-corrected chi connectivity index (χ4v) is 4.90. The van der Waals surface area contributed by atoms with Crippen molar-refractivity contribution < 1.29 is 17.6 Å². The number of hydrogen-bond acceptors (Lipinski definition) is 3. The van der Waals surface area contributed by atoms with Crippen LogP contribution in [-0.2, 0) is 10.0 Å². The van der Waals surface area contributed by atoms with E-state index in [-0.39, 0.29) is 37.6 Å². The van der Waals surface area contributed by atoms with E-state index in [0.717, 1.165) is 5.56 Å². The molecule has 2 aromatic rings. The first-order valence-corrected chi connectivity index (χ1v) is 10.3. The second kappa shape index (κ2) is 7.40. The van der Waals surface area contributed by atoms with Gasteiger partial charge in [0.15, 0.2) is 0 Å². The van der Waals surface area contributed by atoms with Crippen LogP contribution in [0.2, 0.25) is 0 Å². The maximum Gasteiger partial charge on any atom is 0.254 e. The van der Waals surface area contributed by atoms with Gasteiger partial charge >= 0.3 is 0 Å². The second-order valence-corrected chi connectivity index (χ2v) is 8.84. The standard InChI is InChI=1S/C20H23FN2O3S/c1-14-4-5-16(3)19(12-14)27(25,26)23-10-8-22(9-11-23)20(24)17-7-6-15(2)18(21)13-17/h4-7,12-13H,8-11H2,1-3H3. The third-order valence-corrected chi connectivity index (χ3v) is 6.95. The van der Waals surface area contributed by atoms with Crippen molar-refractivity contribution in [2.24, 2.45) is 0 Å². The number of nitrogens with zero attached hydrogens (tertiary/aromatic N) is 2. The number of hydrogen-bond donors (Lipinski definition) is 0. The Morgan fingerprint density at radius 2 is 1.56 bits per heavy atom. The van der Waals surface area contributed by atoms with Crippen molar-refractivity contribution in [1.29, 1.82) is 0 Å². The van der Waals surface area contributed by atoms with Crippen LogP contribution >= 0.6 is 0 Å². The molecule has 27 heavy (non-hydrogen) atoms. The number of piperazine rings is 1. The Bertz CT molecular complexity index is 981. The number of rotatable bonds is 3. The summed E-state index contributed by atoms with van der Waals surface area (Å²) >= 11 is 0. The predicted molar refractivity (Wildman–Crippen MR) is 102 cm³/mol. The lowest BCUT2D eigenvalue weighted by Gasteiger charge is -2.34. The van der Waals surface area contributed by atoms with Crippen LogP contribution in [0.1, 0.15) is 27.0 Å². The zero-order valence-electron chi connectivity index (χ0n) is 15.7. The van der Waals surface area contributed by atoms with Crippen LogP contribution < -0.4 is 0 Å². The molecular weight excluding hydrogens is 367 g/mol. The molecule has 0 N–H and O–H groups in total. The molecule has 1 aliphatic heterocycles. The van der Waals surface area contributed by atoms with Crippen LogP contribution in [0, 0.1) is 26.6 Å². The molecule has 7 heteroatoms. The van der Waals surface area contributed by atoms with E-state index >= 15 is 0 Å². The molecule has 1 aliphatic rings. The third kappa shape index (κ3) is 3.89. The van der Waals surface area contributed by atoms with E-state index in [4.69, 9.17) is 0 Å². The van der Waals surface area contributed by atoms with Crippen LogP contribution in [0.3, 0.4) is 0 Å². The fraction of sp³-hybridized carbons (Fsp3) is 0.350. The van der Waals surface area contributed by atoms with E-state index in [2.05, 4.69) is 0 Å². The summed E-state index contributed by atoms with van der Waals surface area (Å²) in [5.41, 5.74) is 2.35. The van der Waals surface area contributed by atoms with Gasteiger partial charge < -0.3 is 4.90 Å². The molecule has 0 bridgehead atoms. The Hall–Kier alpha value is -2.25. The number of halogens is 1. The molecule has 5 nitrogen and oxygen atoms in total. The van der Waals surface area contributed by atoms with Crippen molar-refractivity contribution in [3.05, 3.63) is 64.5 Å². The maximum absolute atomic E-state index is 13.7. The minimum absolute atomic E-state index is 0.218. The van der Waals surface area contributed by atoms with Crippen LogP contribution in [0.25, 0.3) is 0 Å². The fourth-order valence-electron chi connectivity index (χ4n) is 3.16. The number of aryl methyl sites for hydroxylation is 3. The predicted octanol–water partition coefficient (Wildman–Crippen LogP) is 2.90. The van der Waals surface area contributed by atoms with Gasteiger partial charge in [-0.3, -0.25) is 4.79 Å². The smallest absolute Gasteiger partial charge is 0.254 e. The summed E-state index contributed by atoms with van der Waals surface area (Å²) in [5, 5.41) is 0. The first-order chi connectivity index (χ1) is 12.7. The van der Waals surface area contributed by atoms with Gasteiger partial charge in [-0.15, -0.1) is 0 Å². The highest BCUT2D eigenvalue weighted by atomic mass is 32.2. The zero-order valence-corrected chi connectivity index (χ0v) is 16.5. The van der Waals surface area contributed by atoms with Crippen LogP contribution in [0.15, 0.2) is 41.3 Å². The van der Waals surface area contributed by atoms with Gasteiger partial charge in [-0.05, 0) is 55.7 Å². The summed E-state index contributed by atoms with van der Waals surface area (Å²) in [4.78, 5) is 14.5. The summed E-state index contributed by atoms with van der Waals surface area (Å²) in [6.07, 6.45) is 0. The average molecular weight is 390 g/mol. The van der Waals surface area contributed by atoms with Gasteiger partial charge in [0.2, 0.25) is 10.0 Å². The molecule has 0 aromatic heterocycles. The number of carbonyl (C=O) groups excluding carboxylic acids is 1. The highest BCUT2D eigenvalue weighted by molar-refractivity contribution is 7.89. The highest BCUT2D eigenvalue weighted by Crippen LogP contribution is 2.23. The van der Waals surface area contributed by atoms with Crippen molar-refractivity contribution in [2.45, 2.75) is 25.7 Å². The first-order valence-electron chi connectivity index (χ1n) is 8.83. The Balaban J connectivity index is 1.73. The number of amides is 1. The Labute approximate surface area is 159 Å². The number of benzene rings is 2. The van der Waals surface area contributed by atoms with Crippen molar-refractivity contribution in [1.82, 2.24) is 9.21 Å². The molecule has 144 valence electrons. The lowest BCUT2D eigenvalue weighted by atomic mass is 10.1. The molecule has 0 aliphatic carbocycles. The molecule has 1 heterocycles. The maximum atomic E-state index is 13.7. The van der Waals surface area contributed by atoms with E-state index in [0.29, 0.717) is 16.0 Å². The quantitative estimate of drug-likeness (QED) is 0.810. The summed E-state index contributed by atoms with van der Waals surface area (Å²) in [6, 6.07) is 9.76. The van der Waals surface area contributed by atoms with Crippen molar-refractivity contribution >= 4 is 15.9 Å². The summed E-state index contributed by atoms with van der Waals surface area (Å²) in [7, 11) is -3.61. The van der Waals surface area contributed by atoms with Gasteiger partial charge in [0.1, 0.15) is 5.82 Å². The van der Waals surface area contributed by atoms with Gasteiger partial charge in [0, 0.05) is 31.7 Å². The molecule has 0 atom stereocenters.